The van der Waals surface area contributed by atoms with Gasteiger partial charge in [-0.2, -0.15) is 0 Å². The van der Waals surface area contributed by atoms with Gasteiger partial charge in [0.1, 0.15) is 5.75 Å². The van der Waals surface area contributed by atoms with Crippen molar-refractivity contribution in [2.45, 2.75) is 13.1 Å². The Morgan fingerprint density at radius 3 is 2.20 bits per heavy atom. The molecule has 128 valence electrons. The summed E-state index contributed by atoms with van der Waals surface area (Å²) in [6.07, 6.45) is 1.54. The van der Waals surface area contributed by atoms with Crippen LogP contribution in [0.1, 0.15) is 11.1 Å². The molecule has 0 radical (unpaired) electrons. The van der Waals surface area contributed by atoms with Gasteiger partial charge in [0.25, 0.3) is 5.56 Å². The summed E-state index contributed by atoms with van der Waals surface area (Å²) < 4.78 is 8.26. The van der Waals surface area contributed by atoms with Crippen molar-refractivity contribution < 1.29 is 4.74 Å². The predicted octanol–water partition coefficient (Wildman–Crippen LogP) is 2.88. The number of nitrogens with zero attached hydrogens (tertiary/aromatic N) is 2. The van der Waals surface area contributed by atoms with E-state index in [0.29, 0.717) is 11.0 Å². The zero-order valence-electron chi connectivity index (χ0n) is 13.7. The number of hydrogen-bond donors (Lipinski definition) is 0. The third-order valence-corrected chi connectivity index (χ3v) is 4.43. The number of hydrogen-bond acceptors (Lipinski definition) is 3. The number of halogens is 1. The molecular formula is C19H17BrN2O3. The SMILES string of the molecule is COc1ccc(Cn2cc(Br)c(=O)n(Cc3ccccc3)c2=O)cc1. The van der Waals surface area contributed by atoms with Crippen LogP contribution in [0.4, 0.5) is 0 Å². The van der Waals surface area contributed by atoms with Crippen LogP contribution in [0.15, 0.2) is 74.9 Å². The van der Waals surface area contributed by atoms with Crippen molar-refractivity contribution in [3.8, 4) is 5.75 Å². The third kappa shape index (κ3) is 3.91. The zero-order chi connectivity index (χ0) is 17.8. The molecule has 0 saturated heterocycles. The Morgan fingerprint density at radius 1 is 0.920 bits per heavy atom. The van der Waals surface area contributed by atoms with Gasteiger partial charge in [0.05, 0.1) is 24.7 Å². The minimum Gasteiger partial charge on any atom is -0.497 e. The summed E-state index contributed by atoms with van der Waals surface area (Å²) in [4.78, 5) is 25.1. The molecule has 25 heavy (non-hydrogen) atoms. The number of ether oxygens (including phenoxy) is 1. The Hall–Kier alpha value is -2.60. The molecule has 0 aliphatic rings. The lowest BCUT2D eigenvalue weighted by Crippen LogP contribution is -2.40. The lowest BCUT2D eigenvalue weighted by molar-refractivity contribution is 0.414. The highest BCUT2D eigenvalue weighted by Crippen LogP contribution is 2.12. The summed E-state index contributed by atoms with van der Waals surface area (Å²) in [6.45, 7) is 0.608. The molecule has 0 unspecified atom stereocenters. The molecule has 2 aromatic carbocycles. The van der Waals surface area contributed by atoms with Crippen LogP contribution >= 0.6 is 15.9 Å². The quantitative estimate of drug-likeness (QED) is 0.661. The maximum absolute atomic E-state index is 12.8. The highest BCUT2D eigenvalue weighted by molar-refractivity contribution is 9.10. The molecule has 0 bridgehead atoms. The fourth-order valence-electron chi connectivity index (χ4n) is 2.56. The Morgan fingerprint density at radius 2 is 1.56 bits per heavy atom. The van der Waals surface area contributed by atoms with Gasteiger partial charge in [0.15, 0.2) is 0 Å². The Balaban J connectivity index is 1.97. The first kappa shape index (κ1) is 17.2. The highest BCUT2D eigenvalue weighted by Gasteiger charge is 2.11. The summed E-state index contributed by atoms with van der Waals surface area (Å²) in [7, 11) is 1.61. The molecule has 3 rings (SSSR count). The molecule has 1 aromatic heterocycles. The number of rotatable bonds is 5. The van der Waals surface area contributed by atoms with Gasteiger partial charge in [-0.25, -0.2) is 4.79 Å². The number of benzene rings is 2. The van der Waals surface area contributed by atoms with E-state index in [-0.39, 0.29) is 17.8 Å². The molecular weight excluding hydrogens is 384 g/mol. The second-order valence-corrected chi connectivity index (χ2v) is 6.47. The van der Waals surface area contributed by atoms with Gasteiger partial charge in [0.2, 0.25) is 0 Å². The number of methoxy groups -OCH3 is 1. The average molecular weight is 401 g/mol. The van der Waals surface area contributed by atoms with Crippen molar-refractivity contribution in [2.24, 2.45) is 0 Å². The van der Waals surface area contributed by atoms with Crippen molar-refractivity contribution in [2.75, 3.05) is 7.11 Å². The van der Waals surface area contributed by atoms with Crippen LogP contribution in [-0.4, -0.2) is 16.2 Å². The standard InChI is InChI=1S/C19H17BrN2O3/c1-25-16-9-7-15(8-10-16)11-21-13-17(20)18(23)22(19(21)24)12-14-5-3-2-4-6-14/h2-10,13H,11-12H2,1H3. The topological polar surface area (TPSA) is 53.2 Å². The normalized spacial score (nSPS) is 10.6. The minimum atomic E-state index is -0.340. The van der Waals surface area contributed by atoms with Crippen LogP contribution in [0.25, 0.3) is 0 Å². The van der Waals surface area contributed by atoms with Crippen molar-refractivity contribution in [1.82, 2.24) is 9.13 Å². The highest BCUT2D eigenvalue weighted by atomic mass is 79.9. The van der Waals surface area contributed by atoms with Crippen LogP contribution in [0, 0.1) is 0 Å². The fraction of sp³-hybridized carbons (Fsp3) is 0.158. The Bertz CT molecular complexity index is 976. The van der Waals surface area contributed by atoms with E-state index < -0.39 is 0 Å². The molecule has 0 N–H and O–H groups in total. The first-order valence-corrected chi connectivity index (χ1v) is 8.54. The van der Waals surface area contributed by atoms with Gasteiger partial charge in [-0.05, 0) is 39.2 Å². The molecule has 5 nitrogen and oxygen atoms in total. The monoisotopic (exact) mass is 400 g/mol. The second kappa shape index (κ2) is 7.53. The van der Waals surface area contributed by atoms with Crippen LogP contribution < -0.4 is 16.0 Å². The average Bonchev–Trinajstić information content (AvgIpc) is 2.64. The van der Waals surface area contributed by atoms with Crippen molar-refractivity contribution in [3.63, 3.8) is 0 Å². The fourth-order valence-corrected chi connectivity index (χ4v) is 3.03. The summed E-state index contributed by atoms with van der Waals surface area (Å²) in [5.41, 5.74) is 1.17. The maximum Gasteiger partial charge on any atom is 0.331 e. The van der Waals surface area contributed by atoms with Crippen LogP contribution in [0.2, 0.25) is 0 Å². The van der Waals surface area contributed by atoms with Crippen LogP contribution in [0.3, 0.4) is 0 Å². The van der Waals surface area contributed by atoms with E-state index in [1.165, 1.54) is 15.3 Å². The zero-order valence-corrected chi connectivity index (χ0v) is 15.3. The maximum atomic E-state index is 12.8. The first-order chi connectivity index (χ1) is 12.1. The van der Waals surface area contributed by atoms with E-state index in [1.807, 2.05) is 54.6 Å². The van der Waals surface area contributed by atoms with Gasteiger partial charge >= 0.3 is 5.69 Å². The molecule has 0 fully saturated rings. The van der Waals surface area contributed by atoms with Crippen LogP contribution in [0.5, 0.6) is 5.75 Å². The third-order valence-electron chi connectivity index (χ3n) is 3.89. The summed E-state index contributed by atoms with van der Waals surface area (Å²) in [6, 6.07) is 16.9. The van der Waals surface area contributed by atoms with E-state index >= 15 is 0 Å². The largest absolute Gasteiger partial charge is 0.497 e. The minimum absolute atomic E-state index is 0.237. The Labute approximate surface area is 153 Å². The molecule has 0 spiro atoms. The van der Waals surface area contributed by atoms with Crippen molar-refractivity contribution in [3.05, 3.63) is 97.2 Å². The lowest BCUT2D eigenvalue weighted by atomic mass is 10.2. The van der Waals surface area contributed by atoms with E-state index in [1.54, 1.807) is 7.11 Å². The predicted molar refractivity (Wildman–Crippen MR) is 100 cm³/mol. The number of aromatic nitrogens is 2. The molecule has 3 aromatic rings. The second-order valence-electron chi connectivity index (χ2n) is 5.61. The van der Waals surface area contributed by atoms with Gasteiger partial charge in [0, 0.05) is 6.20 Å². The lowest BCUT2D eigenvalue weighted by Gasteiger charge is -2.12. The molecule has 0 amide bonds. The molecule has 0 atom stereocenters. The van der Waals surface area contributed by atoms with E-state index in [4.69, 9.17) is 4.74 Å². The first-order valence-electron chi connectivity index (χ1n) is 7.75. The van der Waals surface area contributed by atoms with Gasteiger partial charge in [-0.3, -0.25) is 13.9 Å². The molecule has 1 heterocycles. The molecule has 6 heteroatoms. The van der Waals surface area contributed by atoms with Crippen molar-refractivity contribution >= 4 is 15.9 Å². The summed E-state index contributed by atoms with van der Waals surface area (Å²) in [5.74, 6) is 0.756. The summed E-state index contributed by atoms with van der Waals surface area (Å²) >= 11 is 3.27. The molecule has 0 saturated carbocycles. The van der Waals surface area contributed by atoms with Crippen molar-refractivity contribution in [1.29, 1.82) is 0 Å². The van der Waals surface area contributed by atoms with Gasteiger partial charge in [-0.1, -0.05) is 42.5 Å². The summed E-state index contributed by atoms with van der Waals surface area (Å²) in [5, 5.41) is 0. The van der Waals surface area contributed by atoms with Gasteiger partial charge in [-0.15, -0.1) is 0 Å². The van der Waals surface area contributed by atoms with Gasteiger partial charge < -0.3 is 4.74 Å². The Kier molecular flexibility index (Phi) is 5.19. The van der Waals surface area contributed by atoms with E-state index in [9.17, 15) is 9.59 Å². The molecule has 0 aliphatic carbocycles. The molecule has 0 aliphatic heterocycles. The smallest absolute Gasteiger partial charge is 0.331 e. The van der Waals surface area contributed by atoms with E-state index in [0.717, 1.165) is 16.9 Å². The van der Waals surface area contributed by atoms with E-state index in [2.05, 4.69) is 15.9 Å². The van der Waals surface area contributed by atoms with Crippen LogP contribution in [-0.2, 0) is 13.1 Å².